The molecule has 0 aliphatic heterocycles. The Morgan fingerprint density at radius 2 is 1.78 bits per heavy atom. The zero-order valence-electron chi connectivity index (χ0n) is 5.63. The van der Waals surface area contributed by atoms with Crippen molar-refractivity contribution in [2.45, 2.75) is 18.0 Å². The summed E-state index contributed by atoms with van der Waals surface area (Å²) >= 11 is -2.21. The third-order valence-corrected chi connectivity index (χ3v) is 6.92. The average Bonchev–Trinajstić information content (AvgIpc) is 1.82. The van der Waals surface area contributed by atoms with Crippen molar-refractivity contribution in [2.24, 2.45) is 5.92 Å². The summed E-state index contributed by atoms with van der Waals surface area (Å²) in [6, 6.07) is 0. The molecular formula is C6H9BiN2. The molecule has 0 unspecified atom stereocenters. The molecule has 0 aliphatic rings. The molecule has 0 aliphatic carbocycles. The summed E-state index contributed by atoms with van der Waals surface area (Å²) in [5, 5.41) is 16.8. The number of rotatable bonds is 2. The molecule has 0 saturated heterocycles. The molecule has 0 radical (unpaired) electrons. The van der Waals surface area contributed by atoms with Crippen LogP contribution in [0.5, 0.6) is 0 Å². The molecule has 3 heteroatoms. The summed E-state index contributed by atoms with van der Waals surface area (Å²) in [4.78, 5) is 0. The second-order valence-electron chi connectivity index (χ2n) is 2.20. The van der Waals surface area contributed by atoms with E-state index in [0.717, 1.165) is 4.13 Å². The summed E-state index contributed by atoms with van der Waals surface area (Å²) in [5.41, 5.74) is 0. The predicted octanol–water partition coefficient (Wildman–Crippen LogP) is 1.26. The van der Waals surface area contributed by atoms with Gasteiger partial charge in [0, 0.05) is 0 Å². The van der Waals surface area contributed by atoms with Gasteiger partial charge < -0.3 is 0 Å². The monoisotopic (exact) mass is 318 g/mol. The Balaban J connectivity index is 3.64. The molecule has 0 amide bonds. The Kier molecular flexibility index (Phi) is 4.64. The molecule has 0 spiro atoms. The molecule has 48 valence electrons. The summed E-state index contributed by atoms with van der Waals surface area (Å²) in [5.74, 6) is 0.530. The van der Waals surface area contributed by atoms with Crippen molar-refractivity contribution in [1.29, 1.82) is 10.5 Å². The van der Waals surface area contributed by atoms with E-state index in [-0.39, 0.29) is 0 Å². The van der Waals surface area contributed by atoms with Crippen LogP contribution in [0.3, 0.4) is 0 Å². The number of nitrogens with zero attached hydrogens (tertiary/aromatic N) is 2. The van der Waals surface area contributed by atoms with E-state index in [4.69, 9.17) is 10.5 Å². The Hall–Kier alpha value is -0.137. The van der Waals surface area contributed by atoms with Crippen molar-refractivity contribution < 1.29 is 0 Å². The molecule has 0 aromatic carbocycles. The van der Waals surface area contributed by atoms with E-state index in [2.05, 4.69) is 21.4 Å². The predicted molar refractivity (Wildman–Crippen MR) is 36.6 cm³/mol. The summed E-state index contributed by atoms with van der Waals surface area (Å²) in [6.07, 6.45) is 0. The minimum atomic E-state index is -2.21. The SMILES string of the molecule is CC(C)[CH2][Bi]([C]#N)[C]#N. The molecule has 0 saturated carbocycles. The molecule has 9 heavy (non-hydrogen) atoms. The first kappa shape index (κ1) is 8.86. The van der Waals surface area contributed by atoms with Crippen LogP contribution in [-0.4, -0.2) is 21.8 Å². The first-order valence-corrected chi connectivity index (χ1v) is 8.71. The molecule has 0 aromatic heterocycles. The van der Waals surface area contributed by atoms with Crippen LogP contribution in [0.15, 0.2) is 0 Å². The first-order chi connectivity index (χ1) is 4.20. The van der Waals surface area contributed by atoms with Crippen LogP contribution >= 0.6 is 0 Å². The number of nitriles is 2. The molecule has 0 fully saturated rings. The fraction of sp³-hybridized carbons (Fsp3) is 0.667. The summed E-state index contributed by atoms with van der Waals surface area (Å²) in [6.45, 7) is 4.11. The second-order valence-corrected chi connectivity index (χ2v) is 8.51. The Morgan fingerprint density at radius 1 is 1.33 bits per heavy atom. The van der Waals surface area contributed by atoms with Gasteiger partial charge in [0.15, 0.2) is 0 Å². The zero-order chi connectivity index (χ0) is 7.28. The fourth-order valence-corrected chi connectivity index (χ4v) is 4.12. The van der Waals surface area contributed by atoms with Gasteiger partial charge in [0.2, 0.25) is 0 Å². The maximum atomic E-state index is 8.39. The van der Waals surface area contributed by atoms with Gasteiger partial charge in [-0.3, -0.25) is 0 Å². The zero-order valence-corrected chi connectivity index (χ0v) is 9.10. The van der Waals surface area contributed by atoms with Crippen molar-refractivity contribution >= 4 is 21.8 Å². The molecule has 0 atom stereocenters. The van der Waals surface area contributed by atoms with Crippen LogP contribution in [0, 0.1) is 24.0 Å². The summed E-state index contributed by atoms with van der Waals surface area (Å²) in [7, 11) is 0. The first-order valence-electron chi connectivity index (χ1n) is 2.77. The van der Waals surface area contributed by atoms with Gasteiger partial charge in [0.05, 0.1) is 0 Å². The van der Waals surface area contributed by atoms with E-state index in [9.17, 15) is 0 Å². The van der Waals surface area contributed by atoms with Crippen LogP contribution in [0.4, 0.5) is 0 Å². The van der Waals surface area contributed by atoms with Crippen LogP contribution in [0.25, 0.3) is 0 Å². The maximum absolute atomic E-state index is 8.39. The number of hydrogen-bond donors (Lipinski definition) is 0. The van der Waals surface area contributed by atoms with Crippen molar-refractivity contribution in [3.63, 3.8) is 0 Å². The van der Waals surface area contributed by atoms with Crippen LogP contribution in [0.1, 0.15) is 13.8 Å². The Labute approximate surface area is 63.8 Å². The molecule has 0 heterocycles. The fourth-order valence-electron chi connectivity index (χ4n) is 0.469. The molecule has 0 rings (SSSR count). The minimum absolute atomic E-state index is 0.530. The van der Waals surface area contributed by atoms with E-state index in [1.54, 1.807) is 0 Å². The van der Waals surface area contributed by atoms with Crippen molar-refractivity contribution in [2.75, 3.05) is 0 Å². The van der Waals surface area contributed by atoms with Gasteiger partial charge in [-0.05, 0) is 0 Å². The second kappa shape index (κ2) is 4.71. The molecule has 0 bridgehead atoms. The van der Waals surface area contributed by atoms with Gasteiger partial charge >= 0.3 is 63.7 Å². The van der Waals surface area contributed by atoms with Gasteiger partial charge in [-0.2, -0.15) is 0 Å². The van der Waals surface area contributed by atoms with E-state index in [1.165, 1.54) is 0 Å². The number of hydrogen-bond acceptors (Lipinski definition) is 2. The van der Waals surface area contributed by atoms with Crippen LogP contribution in [0.2, 0.25) is 4.13 Å². The third kappa shape index (κ3) is 4.37. The third-order valence-electron chi connectivity index (χ3n) is 0.789. The van der Waals surface area contributed by atoms with Gasteiger partial charge in [0.1, 0.15) is 0 Å². The molecule has 2 nitrogen and oxygen atoms in total. The van der Waals surface area contributed by atoms with Crippen LogP contribution < -0.4 is 0 Å². The Bertz CT molecular complexity index is 137. The van der Waals surface area contributed by atoms with Gasteiger partial charge in [-0.25, -0.2) is 0 Å². The van der Waals surface area contributed by atoms with Crippen LogP contribution in [-0.2, 0) is 0 Å². The van der Waals surface area contributed by atoms with E-state index < -0.39 is 21.8 Å². The van der Waals surface area contributed by atoms with Gasteiger partial charge in [-0.15, -0.1) is 0 Å². The van der Waals surface area contributed by atoms with E-state index >= 15 is 0 Å². The Morgan fingerprint density at radius 3 is 1.89 bits per heavy atom. The molecule has 0 aromatic rings. The standard InChI is InChI=1S/C4H9.2CN.Bi/c1-4(2)3;2*1-2;/h4H,1H2,2-3H3;;;. The van der Waals surface area contributed by atoms with Gasteiger partial charge in [-0.1, -0.05) is 0 Å². The molecular weight excluding hydrogens is 309 g/mol. The van der Waals surface area contributed by atoms with E-state index in [1.807, 2.05) is 0 Å². The quantitative estimate of drug-likeness (QED) is 0.720. The van der Waals surface area contributed by atoms with E-state index in [0.29, 0.717) is 5.92 Å². The topological polar surface area (TPSA) is 47.6 Å². The normalized spacial score (nSPS) is 9.11. The van der Waals surface area contributed by atoms with Crippen molar-refractivity contribution in [3.8, 4) is 7.55 Å². The van der Waals surface area contributed by atoms with Crippen molar-refractivity contribution in [3.05, 3.63) is 0 Å². The summed E-state index contributed by atoms with van der Waals surface area (Å²) < 4.78 is 5.14. The average molecular weight is 318 g/mol. The molecule has 0 N–H and O–H groups in total. The van der Waals surface area contributed by atoms with Gasteiger partial charge in [0.25, 0.3) is 0 Å². The van der Waals surface area contributed by atoms with Crippen molar-refractivity contribution in [1.82, 2.24) is 0 Å².